The Hall–Kier alpha value is -1.12. The highest BCUT2D eigenvalue weighted by molar-refractivity contribution is 5.38. The van der Waals surface area contributed by atoms with Gasteiger partial charge in [-0.3, -0.25) is 0 Å². The first-order valence-electron chi connectivity index (χ1n) is 4.27. The molecule has 0 amide bonds. The van der Waals surface area contributed by atoms with E-state index in [1.54, 1.807) is 0 Å². The number of hydrogen-bond donors (Lipinski definition) is 1. The van der Waals surface area contributed by atoms with Crippen LogP contribution in [0.2, 0.25) is 0 Å². The van der Waals surface area contributed by atoms with Crippen molar-refractivity contribution in [2.75, 3.05) is 5.73 Å². The third-order valence-corrected chi connectivity index (χ3v) is 1.90. The van der Waals surface area contributed by atoms with E-state index in [9.17, 15) is 0 Å². The Labute approximate surface area is 73.0 Å². The Morgan fingerprint density at radius 2 is 2.08 bits per heavy atom. The van der Waals surface area contributed by atoms with Crippen LogP contribution in [-0.4, -0.2) is 10.2 Å². The zero-order valence-corrected chi connectivity index (χ0v) is 7.83. The van der Waals surface area contributed by atoms with Gasteiger partial charge in [-0.25, -0.2) is 0 Å². The number of hydrogen-bond acceptors (Lipinski definition) is 3. The van der Waals surface area contributed by atoms with Gasteiger partial charge in [0.2, 0.25) is 0 Å². The summed E-state index contributed by atoms with van der Waals surface area (Å²) < 4.78 is 0. The van der Waals surface area contributed by atoms with Crippen molar-refractivity contribution >= 4 is 5.82 Å². The van der Waals surface area contributed by atoms with E-state index in [1.807, 2.05) is 6.07 Å². The minimum atomic E-state index is 0.420. The van der Waals surface area contributed by atoms with Crippen molar-refractivity contribution in [3.05, 3.63) is 17.3 Å². The van der Waals surface area contributed by atoms with Crippen molar-refractivity contribution in [1.82, 2.24) is 10.2 Å². The summed E-state index contributed by atoms with van der Waals surface area (Å²) in [6.07, 6.45) is 0.918. The highest BCUT2D eigenvalue weighted by Crippen LogP contribution is 2.15. The van der Waals surface area contributed by atoms with Crippen LogP contribution < -0.4 is 5.73 Å². The molecule has 1 aromatic heterocycles. The Bertz CT molecular complexity index is 268. The van der Waals surface area contributed by atoms with Gasteiger partial charge in [-0.2, -0.15) is 5.10 Å². The molecule has 3 nitrogen and oxygen atoms in total. The van der Waals surface area contributed by atoms with Crippen molar-refractivity contribution in [1.29, 1.82) is 0 Å². The summed E-state index contributed by atoms with van der Waals surface area (Å²) in [6, 6.07) is 2.03. The lowest BCUT2D eigenvalue weighted by atomic mass is 10.1. The van der Waals surface area contributed by atoms with Gasteiger partial charge in [0.25, 0.3) is 0 Å². The fourth-order valence-electron chi connectivity index (χ4n) is 1.02. The molecule has 0 spiro atoms. The van der Waals surface area contributed by atoms with Crippen LogP contribution in [0.15, 0.2) is 6.07 Å². The maximum Gasteiger partial charge on any atom is 0.149 e. The van der Waals surface area contributed by atoms with Gasteiger partial charge < -0.3 is 5.73 Å². The van der Waals surface area contributed by atoms with Gasteiger partial charge in [-0.05, 0) is 24.0 Å². The average Bonchev–Trinajstić information content (AvgIpc) is 2.05. The second-order valence-electron chi connectivity index (χ2n) is 3.19. The van der Waals surface area contributed by atoms with Crippen molar-refractivity contribution in [2.45, 2.75) is 33.1 Å². The fraction of sp³-hybridized carbons (Fsp3) is 0.556. The summed E-state index contributed by atoms with van der Waals surface area (Å²) in [5.41, 5.74) is 7.73. The van der Waals surface area contributed by atoms with Crippen LogP contribution in [0.1, 0.15) is 37.9 Å². The summed E-state index contributed by atoms with van der Waals surface area (Å²) in [5, 5.41) is 7.91. The molecular weight excluding hydrogens is 150 g/mol. The normalized spacial score (nSPS) is 10.7. The molecule has 2 N–H and O–H groups in total. The molecule has 0 radical (unpaired) electrons. The van der Waals surface area contributed by atoms with Gasteiger partial charge in [0, 0.05) is 0 Å². The molecule has 0 atom stereocenters. The van der Waals surface area contributed by atoms with Crippen LogP contribution in [0.4, 0.5) is 5.82 Å². The molecule has 0 bridgehead atoms. The maximum absolute atomic E-state index is 5.63. The smallest absolute Gasteiger partial charge is 0.149 e. The molecule has 1 aromatic rings. The van der Waals surface area contributed by atoms with Crippen LogP contribution in [0.5, 0.6) is 0 Å². The van der Waals surface area contributed by atoms with Crippen molar-refractivity contribution in [3.63, 3.8) is 0 Å². The van der Waals surface area contributed by atoms with Crippen molar-refractivity contribution in [2.24, 2.45) is 0 Å². The van der Waals surface area contributed by atoms with E-state index >= 15 is 0 Å². The number of nitrogen functional groups attached to an aromatic ring is 1. The lowest BCUT2D eigenvalue weighted by Gasteiger charge is -2.06. The lowest BCUT2D eigenvalue weighted by Crippen LogP contribution is -2.03. The zero-order valence-electron chi connectivity index (χ0n) is 7.83. The second-order valence-corrected chi connectivity index (χ2v) is 3.19. The molecule has 0 aliphatic carbocycles. The molecule has 1 heterocycles. The number of nitrogens with zero attached hydrogens (tertiary/aromatic N) is 2. The zero-order chi connectivity index (χ0) is 9.14. The second kappa shape index (κ2) is 3.52. The number of nitrogens with two attached hydrogens (primary N) is 1. The highest BCUT2D eigenvalue weighted by atomic mass is 15.1. The minimum Gasteiger partial charge on any atom is -0.382 e. The highest BCUT2D eigenvalue weighted by Gasteiger charge is 2.04. The summed E-state index contributed by atoms with van der Waals surface area (Å²) in [6.45, 7) is 6.26. The largest absolute Gasteiger partial charge is 0.382 e. The molecule has 0 saturated carbocycles. The molecule has 0 unspecified atom stereocenters. The average molecular weight is 165 g/mol. The van der Waals surface area contributed by atoms with Gasteiger partial charge in [0.05, 0.1) is 5.69 Å². The number of aromatic nitrogens is 2. The maximum atomic E-state index is 5.63. The summed E-state index contributed by atoms with van der Waals surface area (Å²) in [4.78, 5) is 0. The van der Waals surface area contributed by atoms with Crippen LogP contribution in [0.3, 0.4) is 0 Å². The van der Waals surface area contributed by atoms with E-state index in [0.29, 0.717) is 11.7 Å². The third kappa shape index (κ3) is 1.72. The number of anilines is 1. The van der Waals surface area contributed by atoms with E-state index in [-0.39, 0.29) is 0 Å². The summed E-state index contributed by atoms with van der Waals surface area (Å²) in [5.74, 6) is 0.977. The molecule has 0 aliphatic heterocycles. The predicted molar refractivity (Wildman–Crippen MR) is 49.9 cm³/mol. The van der Waals surface area contributed by atoms with Crippen LogP contribution in [0, 0.1) is 0 Å². The van der Waals surface area contributed by atoms with E-state index in [4.69, 9.17) is 5.73 Å². The predicted octanol–water partition coefficient (Wildman–Crippen LogP) is 1.74. The fourth-order valence-corrected chi connectivity index (χ4v) is 1.02. The SMILES string of the molecule is CCc1cc(C(C)C)nnc1N. The quantitative estimate of drug-likeness (QED) is 0.726. The first kappa shape index (κ1) is 8.97. The molecule has 0 aliphatic rings. The van der Waals surface area contributed by atoms with E-state index in [0.717, 1.165) is 17.7 Å². The van der Waals surface area contributed by atoms with Gasteiger partial charge >= 0.3 is 0 Å². The monoisotopic (exact) mass is 165 g/mol. The Morgan fingerprint density at radius 1 is 1.42 bits per heavy atom. The van der Waals surface area contributed by atoms with Gasteiger partial charge in [-0.1, -0.05) is 20.8 Å². The Morgan fingerprint density at radius 3 is 2.58 bits per heavy atom. The standard InChI is InChI=1S/C9H15N3/c1-4-7-5-8(6(2)3)11-12-9(7)10/h5-6H,4H2,1-3H3,(H2,10,12). The van der Waals surface area contributed by atoms with Gasteiger partial charge in [-0.15, -0.1) is 5.10 Å². The molecule has 3 heteroatoms. The molecule has 0 saturated heterocycles. The molecule has 66 valence electrons. The first-order chi connectivity index (χ1) is 5.65. The molecule has 0 fully saturated rings. The first-order valence-corrected chi connectivity index (χ1v) is 4.27. The Balaban J connectivity index is 3.05. The topological polar surface area (TPSA) is 51.8 Å². The van der Waals surface area contributed by atoms with Crippen LogP contribution in [-0.2, 0) is 6.42 Å². The number of rotatable bonds is 2. The Kier molecular flexibility index (Phi) is 2.63. The molecular formula is C9H15N3. The minimum absolute atomic E-state index is 0.420. The van der Waals surface area contributed by atoms with Crippen LogP contribution >= 0.6 is 0 Å². The third-order valence-electron chi connectivity index (χ3n) is 1.90. The lowest BCUT2D eigenvalue weighted by molar-refractivity contribution is 0.781. The van der Waals surface area contributed by atoms with E-state index in [1.165, 1.54) is 0 Å². The summed E-state index contributed by atoms with van der Waals surface area (Å²) >= 11 is 0. The van der Waals surface area contributed by atoms with Crippen LogP contribution in [0.25, 0.3) is 0 Å². The van der Waals surface area contributed by atoms with Gasteiger partial charge in [0.15, 0.2) is 0 Å². The van der Waals surface area contributed by atoms with E-state index < -0.39 is 0 Å². The van der Waals surface area contributed by atoms with Gasteiger partial charge in [0.1, 0.15) is 5.82 Å². The molecule has 12 heavy (non-hydrogen) atoms. The summed E-state index contributed by atoms with van der Waals surface area (Å²) in [7, 11) is 0. The van der Waals surface area contributed by atoms with Crippen molar-refractivity contribution < 1.29 is 0 Å². The molecule has 1 rings (SSSR count). The van der Waals surface area contributed by atoms with E-state index in [2.05, 4.69) is 31.0 Å². The molecule has 0 aromatic carbocycles. The van der Waals surface area contributed by atoms with Crippen molar-refractivity contribution in [3.8, 4) is 0 Å². The number of aryl methyl sites for hydroxylation is 1.